The van der Waals surface area contributed by atoms with Crippen molar-refractivity contribution < 1.29 is 22.5 Å². The molecular weight excluding hydrogens is 354 g/mol. The number of carboxylic acids is 1. The first kappa shape index (κ1) is 17.0. The molecule has 128 valence electrons. The van der Waals surface area contributed by atoms with E-state index in [0.717, 1.165) is 12.8 Å². The lowest BCUT2D eigenvalue weighted by Gasteiger charge is -2.10. The van der Waals surface area contributed by atoms with Crippen molar-refractivity contribution in [3.8, 4) is 0 Å². The van der Waals surface area contributed by atoms with Crippen LogP contribution in [0.25, 0.3) is 0 Å². The predicted molar refractivity (Wildman–Crippen MR) is 87.9 cm³/mol. The second-order valence-electron chi connectivity index (χ2n) is 5.61. The van der Waals surface area contributed by atoms with Crippen LogP contribution < -0.4 is 0 Å². The third-order valence-corrected chi connectivity index (χ3v) is 5.96. The molecule has 6 nitrogen and oxygen atoms in total. The first-order chi connectivity index (χ1) is 11.3. The standard InChI is InChI=1S/C16H16ClNO5S/c1-23-24(21,22)14-5-3-2-4-10(14)8-11-9-13(17)15-12(16(19)20)6-7-18(11)15/h2-5,9,12H,6-8H2,1H3,(H,19,20). The fourth-order valence-corrected chi connectivity index (χ4v) is 4.41. The van der Waals surface area contributed by atoms with Crippen LogP contribution in [0.3, 0.4) is 0 Å². The van der Waals surface area contributed by atoms with E-state index in [-0.39, 0.29) is 4.90 Å². The van der Waals surface area contributed by atoms with Gasteiger partial charge in [0.15, 0.2) is 0 Å². The summed E-state index contributed by atoms with van der Waals surface area (Å²) in [7, 11) is -2.70. The fraction of sp³-hybridized carbons (Fsp3) is 0.312. The summed E-state index contributed by atoms with van der Waals surface area (Å²) in [5, 5.41) is 9.70. The number of carboxylic acid groups (broad SMARTS) is 1. The molecule has 0 bridgehead atoms. The molecule has 1 aromatic carbocycles. The highest BCUT2D eigenvalue weighted by Gasteiger charge is 2.33. The third kappa shape index (κ3) is 2.83. The maximum atomic E-state index is 12.1. The van der Waals surface area contributed by atoms with Crippen LogP contribution in [0, 0.1) is 0 Å². The summed E-state index contributed by atoms with van der Waals surface area (Å²) in [5.41, 5.74) is 1.96. The molecule has 0 amide bonds. The van der Waals surface area contributed by atoms with Crippen molar-refractivity contribution in [3.05, 3.63) is 52.3 Å². The molecule has 3 rings (SSSR count). The highest BCUT2D eigenvalue weighted by molar-refractivity contribution is 7.86. The van der Waals surface area contributed by atoms with Gasteiger partial charge in [0.2, 0.25) is 0 Å². The molecule has 1 unspecified atom stereocenters. The van der Waals surface area contributed by atoms with Crippen LogP contribution in [0.2, 0.25) is 5.02 Å². The Morgan fingerprint density at radius 1 is 1.42 bits per heavy atom. The van der Waals surface area contributed by atoms with Crippen LogP contribution in [-0.2, 0) is 32.1 Å². The molecule has 24 heavy (non-hydrogen) atoms. The Kier molecular flexibility index (Phi) is 4.42. The first-order valence-corrected chi connectivity index (χ1v) is 9.13. The molecule has 2 aromatic rings. The van der Waals surface area contributed by atoms with Crippen molar-refractivity contribution in [2.24, 2.45) is 0 Å². The van der Waals surface area contributed by atoms with E-state index in [9.17, 15) is 18.3 Å². The molecule has 0 radical (unpaired) electrons. The Bertz CT molecular complexity index is 903. The summed E-state index contributed by atoms with van der Waals surface area (Å²) < 4.78 is 30.6. The molecule has 1 aromatic heterocycles. The first-order valence-electron chi connectivity index (χ1n) is 7.34. The van der Waals surface area contributed by atoms with Gasteiger partial charge in [0.1, 0.15) is 5.92 Å². The smallest absolute Gasteiger partial charge is 0.312 e. The summed E-state index contributed by atoms with van der Waals surface area (Å²) in [6.45, 7) is 0.549. The molecule has 8 heteroatoms. The van der Waals surface area contributed by atoms with Gasteiger partial charge >= 0.3 is 5.97 Å². The van der Waals surface area contributed by atoms with Crippen molar-refractivity contribution in [2.75, 3.05) is 7.11 Å². The molecule has 1 N–H and O–H groups in total. The van der Waals surface area contributed by atoms with E-state index in [1.165, 1.54) is 6.07 Å². The number of aromatic nitrogens is 1. The van der Waals surface area contributed by atoms with Gasteiger partial charge in [-0.15, -0.1) is 0 Å². The lowest BCUT2D eigenvalue weighted by Crippen LogP contribution is -2.09. The SMILES string of the molecule is COS(=O)(=O)c1ccccc1Cc1cc(Cl)c2n1CCC2C(=O)O. The normalized spacial score (nSPS) is 17.0. The van der Waals surface area contributed by atoms with Gasteiger partial charge in [-0.3, -0.25) is 8.98 Å². The fourth-order valence-electron chi connectivity index (χ4n) is 3.16. The van der Waals surface area contributed by atoms with Crippen LogP contribution in [0.4, 0.5) is 0 Å². The van der Waals surface area contributed by atoms with E-state index in [4.69, 9.17) is 11.6 Å². The van der Waals surface area contributed by atoms with E-state index in [1.807, 2.05) is 4.57 Å². The van der Waals surface area contributed by atoms with Gasteiger partial charge in [0.05, 0.1) is 22.7 Å². The molecule has 0 saturated heterocycles. The molecule has 1 aliphatic heterocycles. The minimum absolute atomic E-state index is 0.104. The Morgan fingerprint density at radius 3 is 2.79 bits per heavy atom. The summed E-state index contributed by atoms with van der Waals surface area (Å²) in [6.07, 6.45) is 0.807. The van der Waals surface area contributed by atoms with E-state index in [0.29, 0.717) is 35.7 Å². The highest BCUT2D eigenvalue weighted by atomic mass is 35.5. The molecule has 0 fully saturated rings. The number of benzene rings is 1. The van der Waals surface area contributed by atoms with E-state index < -0.39 is 22.0 Å². The largest absolute Gasteiger partial charge is 0.481 e. The number of aliphatic carboxylic acids is 1. The molecule has 2 heterocycles. The predicted octanol–water partition coefficient (Wildman–Crippen LogP) is 2.64. The van der Waals surface area contributed by atoms with E-state index in [2.05, 4.69) is 4.18 Å². The highest BCUT2D eigenvalue weighted by Crippen LogP contribution is 2.37. The minimum atomic E-state index is -3.82. The average Bonchev–Trinajstić information content (AvgIpc) is 3.10. The minimum Gasteiger partial charge on any atom is -0.481 e. The molecule has 0 spiro atoms. The lowest BCUT2D eigenvalue weighted by atomic mass is 10.1. The van der Waals surface area contributed by atoms with E-state index >= 15 is 0 Å². The van der Waals surface area contributed by atoms with Crippen LogP contribution in [-0.4, -0.2) is 31.2 Å². The Hall–Kier alpha value is -1.83. The lowest BCUT2D eigenvalue weighted by molar-refractivity contribution is -0.138. The van der Waals surface area contributed by atoms with Gasteiger partial charge in [0.25, 0.3) is 10.1 Å². The Morgan fingerprint density at radius 2 is 2.12 bits per heavy atom. The topological polar surface area (TPSA) is 85.6 Å². The van der Waals surface area contributed by atoms with Gasteiger partial charge in [0, 0.05) is 18.7 Å². The maximum Gasteiger partial charge on any atom is 0.312 e. The monoisotopic (exact) mass is 369 g/mol. The van der Waals surface area contributed by atoms with E-state index in [1.54, 1.807) is 24.3 Å². The van der Waals surface area contributed by atoms with Crippen molar-refractivity contribution in [2.45, 2.75) is 30.2 Å². The van der Waals surface area contributed by atoms with Crippen molar-refractivity contribution in [1.29, 1.82) is 0 Å². The number of fused-ring (bicyclic) bond motifs is 1. The molecule has 0 saturated carbocycles. The zero-order valence-corrected chi connectivity index (χ0v) is 14.5. The number of halogens is 1. The van der Waals surface area contributed by atoms with Gasteiger partial charge in [-0.05, 0) is 24.1 Å². The van der Waals surface area contributed by atoms with Gasteiger partial charge in [-0.1, -0.05) is 29.8 Å². The number of rotatable bonds is 5. The number of nitrogens with zero attached hydrogens (tertiary/aromatic N) is 1. The van der Waals surface area contributed by atoms with Crippen molar-refractivity contribution >= 4 is 27.7 Å². The quantitative estimate of drug-likeness (QED) is 0.819. The Balaban J connectivity index is 2.02. The van der Waals surface area contributed by atoms with Crippen molar-refractivity contribution in [1.82, 2.24) is 4.57 Å². The number of carbonyl (C=O) groups is 1. The zero-order valence-electron chi connectivity index (χ0n) is 12.9. The average molecular weight is 370 g/mol. The second-order valence-corrected chi connectivity index (χ2v) is 7.69. The molecule has 0 aliphatic carbocycles. The number of hydrogen-bond acceptors (Lipinski definition) is 4. The van der Waals surface area contributed by atoms with Gasteiger partial charge < -0.3 is 9.67 Å². The third-order valence-electron chi connectivity index (χ3n) is 4.28. The van der Waals surface area contributed by atoms with Gasteiger partial charge in [-0.25, -0.2) is 0 Å². The Labute approximate surface area is 144 Å². The summed E-state index contributed by atoms with van der Waals surface area (Å²) in [5.74, 6) is -1.52. The second kappa shape index (κ2) is 6.23. The zero-order chi connectivity index (χ0) is 17.5. The van der Waals surface area contributed by atoms with Crippen LogP contribution in [0.1, 0.15) is 29.3 Å². The van der Waals surface area contributed by atoms with Crippen LogP contribution >= 0.6 is 11.6 Å². The van der Waals surface area contributed by atoms with Crippen LogP contribution in [0.5, 0.6) is 0 Å². The van der Waals surface area contributed by atoms with Gasteiger partial charge in [-0.2, -0.15) is 8.42 Å². The summed E-state index contributed by atoms with van der Waals surface area (Å²) in [4.78, 5) is 11.4. The molecule has 1 aliphatic rings. The number of hydrogen-bond donors (Lipinski definition) is 1. The van der Waals surface area contributed by atoms with Crippen LogP contribution in [0.15, 0.2) is 35.2 Å². The molecular formula is C16H16ClNO5S. The summed E-state index contributed by atoms with van der Waals surface area (Å²) in [6, 6.07) is 8.29. The van der Waals surface area contributed by atoms with Crippen molar-refractivity contribution in [3.63, 3.8) is 0 Å². The maximum absolute atomic E-state index is 12.1. The summed E-state index contributed by atoms with van der Waals surface area (Å²) >= 11 is 6.23. The molecule has 1 atom stereocenters.